The van der Waals surface area contributed by atoms with Crippen LogP contribution in [0.4, 0.5) is 0 Å². The van der Waals surface area contributed by atoms with E-state index in [1.54, 1.807) is 0 Å². The number of Topliss-reactive ketones (excluding diaryl/α,β-unsaturated/α-hetero) is 1. The van der Waals surface area contributed by atoms with Gasteiger partial charge in [-0.3, -0.25) is 4.79 Å². The zero-order chi connectivity index (χ0) is 16.6. The predicted molar refractivity (Wildman–Crippen MR) is 89.2 cm³/mol. The van der Waals surface area contributed by atoms with Gasteiger partial charge in [-0.15, -0.1) is 0 Å². The molecule has 0 N–H and O–H groups in total. The second-order valence-electron chi connectivity index (χ2n) is 9.34. The van der Waals surface area contributed by atoms with Crippen LogP contribution in [0.25, 0.3) is 0 Å². The Hall–Kier alpha value is -0.670. The Morgan fingerprint density at radius 2 is 1.61 bits per heavy atom. The van der Waals surface area contributed by atoms with Gasteiger partial charge in [0.25, 0.3) is 0 Å². The van der Waals surface area contributed by atoms with Gasteiger partial charge in [-0.25, -0.2) is 0 Å². The number of rotatable bonds is 0. The van der Waals surface area contributed by atoms with Crippen molar-refractivity contribution in [1.29, 1.82) is 0 Å². The second-order valence-corrected chi connectivity index (χ2v) is 9.34. The Kier molecular flexibility index (Phi) is 3.23. The molecule has 0 amide bonds. The monoisotopic (exact) mass is 318 g/mol. The van der Waals surface area contributed by atoms with Gasteiger partial charge < -0.3 is 9.47 Å². The van der Waals surface area contributed by atoms with Gasteiger partial charge >= 0.3 is 0 Å². The molecule has 2 aliphatic carbocycles. The van der Waals surface area contributed by atoms with Crippen molar-refractivity contribution in [2.24, 2.45) is 11.3 Å². The minimum atomic E-state index is 0.0154. The van der Waals surface area contributed by atoms with Crippen molar-refractivity contribution >= 4 is 5.78 Å². The van der Waals surface area contributed by atoms with Gasteiger partial charge in [-0.1, -0.05) is 12.5 Å². The summed E-state index contributed by atoms with van der Waals surface area (Å²) in [6.45, 7) is 11.0. The molecule has 2 heterocycles. The standard InChI is InChI=1S/C20H30O3/c1-12(2)17-13-6-8-19(4)15(22-19)7-9-20(5)16(23-20)11-18(13,3)10-14(17)21/h13,15-16H,6-11H2,1-5H3/t13-,15+,16+,18+,19+,20+/m1/s1. The van der Waals surface area contributed by atoms with Crippen LogP contribution in [-0.2, 0) is 14.3 Å². The normalized spacial score (nSPS) is 52.1. The molecule has 128 valence electrons. The summed E-state index contributed by atoms with van der Waals surface area (Å²) >= 11 is 0. The third-order valence-corrected chi connectivity index (χ3v) is 7.15. The summed E-state index contributed by atoms with van der Waals surface area (Å²) in [5, 5.41) is 0. The summed E-state index contributed by atoms with van der Waals surface area (Å²) in [5.74, 6) is 0.739. The lowest BCUT2D eigenvalue weighted by molar-refractivity contribution is -0.115. The highest BCUT2D eigenvalue weighted by molar-refractivity contribution is 5.99. The number of allylic oxidation sites excluding steroid dienone is 2. The maximum Gasteiger partial charge on any atom is 0.159 e. The van der Waals surface area contributed by atoms with E-state index in [-0.39, 0.29) is 16.6 Å². The van der Waals surface area contributed by atoms with Crippen LogP contribution in [0.1, 0.15) is 73.1 Å². The summed E-state index contributed by atoms with van der Waals surface area (Å²) in [6.07, 6.45) is 6.77. The minimum Gasteiger partial charge on any atom is -0.366 e. The average Bonchev–Trinajstić information content (AvgIpc) is 3.24. The molecule has 3 nitrogen and oxygen atoms in total. The molecule has 0 unspecified atom stereocenters. The lowest BCUT2D eigenvalue weighted by Gasteiger charge is -2.32. The maximum absolute atomic E-state index is 12.7. The van der Waals surface area contributed by atoms with E-state index in [1.165, 1.54) is 5.57 Å². The number of epoxide rings is 2. The van der Waals surface area contributed by atoms with Crippen molar-refractivity contribution in [3.8, 4) is 0 Å². The highest BCUT2D eigenvalue weighted by Crippen LogP contribution is 2.58. The van der Waals surface area contributed by atoms with Gasteiger partial charge in [0.1, 0.15) is 0 Å². The maximum atomic E-state index is 12.7. The second kappa shape index (κ2) is 4.70. The van der Waals surface area contributed by atoms with Gasteiger partial charge in [-0.05, 0) is 76.7 Å². The Morgan fingerprint density at radius 1 is 1.00 bits per heavy atom. The van der Waals surface area contributed by atoms with E-state index in [0.717, 1.165) is 37.7 Å². The molecule has 2 saturated carbocycles. The Balaban J connectivity index is 1.68. The SMILES string of the molecule is CC(C)=C1C(=O)C[C@@]2(C)C[C@@H]3O[C@@]3(C)CC[C@@H]3O[C@@]3(C)CC[C@H]12. The van der Waals surface area contributed by atoms with Crippen LogP contribution < -0.4 is 0 Å². The number of ether oxygens (including phenoxy) is 2. The molecule has 23 heavy (non-hydrogen) atoms. The number of ketones is 1. The molecule has 4 fully saturated rings. The summed E-state index contributed by atoms with van der Waals surface area (Å²) in [4.78, 5) is 12.7. The number of fused-ring (bicyclic) bond motifs is 3. The lowest BCUT2D eigenvalue weighted by atomic mass is 9.71. The molecular weight excluding hydrogens is 288 g/mol. The smallest absolute Gasteiger partial charge is 0.159 e. The molecule has 4 rings (SSSR count). The van der Waals surface area contributed by atoms with Gasteiger partial charge in [-0.2, -0.15) is 0 Å². The fourth-order valence-electron chi connectivity index (χ4n) is 5.38. The van der Waals surface area contributed by atoms with Crippen LogP contribution in [0, 0.1) is 11.3 Å². The van der Waals surface area contributed by atoms with E-state index in [0.29, 0.717) is 30.3 Å². The van der Waals surface area contributed by atoms with E-state index in [9.17, 15) is 4.79 Å². The fraction of sp³-hybridized carbons (Fsp3) is 0.850. The highest BCUT2D eigenvalue weighted by Gasteiger charge is 2.61. The number of hydrogen-bond acceptors (Lipinski definition) is 3. The van der Waals surface area contributed by atoms with Crippen LogP contribution in [0.15, 0.2) is 11.1 Å². The topological polar surface area (TPSA) is 42.1 Å². The highest BCUT2D eigenvalue weighted by atomic mass is 16.6. The first-order valence-corrected chi connectivity index (χ1v) is 9.23. The van der Waals surface area contributed by atoms with E-state index in [4.69, 9.17) is 9.47 Å². The van der Waals surface area contributed by atoms with Gasteiger partial charge in [0, 0.05) is 6.42 Å². The van der Waals surface area contributed by atoms with Crippen molar-refractivity contribution in [2.75, 3.05) is 0 Å². The van der Waals surface area contributed by atoms with Gasteiger partial charge in [0.2, 0.25) is 0 Å². The van der Waals surface area contributed by atoms with Crippen molar-refractivity contribution in [1.82, 2.24) is 0 Å². The van der Waals surface area contributed by atoms with Crippen LogP contribution in [0.5, 0.6) is 0 Å². The molecule has 2 saturated heterocycles. The first-order valence-electron chi connectivity index (χ1n) is 9.23. The third kappa shape index (κ3) is 2.42. The van der Waals surface area contributed by atoms with Crippen molar-refractivity contribution < 1.29 is 14.3 Å². The van der Waals surface area contributed by atoms with Crippen LogP contribution in [0.2, 0.25) is 0 Å². The molecule has 2 aliphatic heterocycles. The quantitative estimate of drug-likeness (QED) is 0.496. The molecule has 6 atom stereocenters. The molecule has 0 spiro atoms. The number of carbonyl (C=O) groups excluding carboxylic acids is 1. The zero-order valence-electron chi connectivity index (χ0n) is 15.2. The first-order chi connectivity index (χ1) is 10.7. The van der Waals surface area contributed by atoms with E-state index in [1.807, 2.05) is 0 Å². The summed E-state index contributed by atoms with van der Waals surface area (Å²) < 4.78 is 12.1. The Morgan fingerprint density at radius 3 is 2.30 bits per heavy atom. The third-order valence-electron chi connectivity index (χ3n) is 7.15. The lowest BCUT2D eigenvalue weighted by Crippen LogP contribution is -2.27. The van der Waals surface area contributed by atoms with Crippen molar-refractivity contribution in [2.45, 2.75) is 96.6 Å². The Labute approximate surface area is 139 Å². The summed E-state index contributed by atoms with van der Waals surface area (Å²) in [5.41, 5.74) is 2.41. The van der Waals surface area contributed by atoms with E-state index in [2.05, 4.69) is 34.6 Å². The largest absolute Gasteiger partial charge is 0.366 e. The zero-order valence-corrected chi connectivity index (χ0v) is 15.2. The molecule has 3 heteroatoms. The molecule has 0 aromatic heterocycles. The van der Waals surface area contributed by atoms with E-state index < -0.39 is 0 Å². The average molecular weight is 318 g/mol. The van der Waals surface area contributed by atoms with Crippen molar-refractivity contribution in [3.05, 3.63) is 11.1 Å². The molecule has 4 aliphatic rings. The van der Waals surface area contributed by atoms with Crippen molar-refractivity contribution in [3.63, 3.8) is 0 Å². The van der Waals surface area contributed by atoms with Crippen LogP contribution >= 0.6 is 0 Å². The molecule has 0 radical (unpaired) electrons. The van der Waals surface area contributed by atoms with Crippen LogP contribution in [-0.4, -0.2) is 29.2 Å². The summed E-state index contributed by atoms with van der Waals surface area (Å²) in [6, 6.07) is 0. The fourth-order valence-corrected chi connectivity index (χ4v) is 5.38. The van der Waals surface area contributed by atoms with E-state index >= 15 is 0 Å². The first kappa shape index (κ1) is 15.8. The number of hydrogen-bond donors (Lipinski definition) is 0. The Bertz CT molecular complexity index is 590. The number of carbonyl (C=O) groups is 1. The van der Waals surface area contributed by atoms with Gasteiger partial charge in [0.15, 0.2) is 5.78 Å². The molecule has 0 bridgehead atoms. The molecule has 0 aromatic rings. The molecule has 0 aromatic carbocycles. The van der Waals surface area contributed by atoms with Gasteiger partial charge in [0.05, 0.1) is 23.4 Å². The molecular formula is C20H30O3. The predicted octanol–water partition coefficient (Wildman–Crippen LogP) is 4.20. The van der Waals surface area contributed by atoms with Crippen LogP contribution in [0.3, 0.4) is 0 Å². The summed E-state index contributed by atoms with van der Waals surface area (Å²) in [7, 11) is 0. The minimum absolute atomic E-state index is 0.0154.